The lowest BCUT2D eigenvalue weighted by Gasteiger charge is -2.11. The van der Waals surface area contributed by atoms with Gasteiger partial charge in [-0.15, -0.1) is 11.8 Å². The maximum atomic E-state index is 5.71. The molecule has 6 heteroatoms. The highest BCUT2D eigenvalue weighted by molar-refractivity contribution is 7.98. The van der Waals surface area contributed by atoms with Crippen molar-refractivity contribution >= 4 is 11.8 Å². The van der Waals surface area contributed by atoms with Crippen molar-refractivity contribution in [3.63, 3.8) is 0 Å². The zero-order valence-corrected chi connectivity index (χ0v) is 11.6. The molecule has 1 heterocycles. The van der Waals surface area contributed by atoms with Gasteiger partial charge in [0.05, 0.1) is 7.11 Å². The Morgan fingerprint density at radius 3 is 2.74 bits per heavy atom. The Labute approximate surface area is 116 Å². The zero-order chi connectivity index (χ0) is 13.7. The van der Waals surface area contributed by atoms with E-state index in [1.807, 2.05) is 24.5 Å². The Morgan fingerprint density at radius 1 is 1.21 bits per heavy atom. The highest BCUT2D eigenvalue weighted by Crippen LogP contribution is 2.32. The van der Waals surface area contributed by atoms with Crippen molar-refractivity contribution in [3.05, 3.63) is 36.2 Å². The van der Waals surface area contributed by atoms with Crippen molar-refractivity contribution in [3.8, 4) is 17.4 Å². The van der Waals surface area contributed by atoms with Gasteiger partial charge in [0.2, 0.25) is 5.88 Å². The molecule has 0 saturated carbocycles. The zero-order valence-electron chi connectivity index (χ0n) is 10.8. The summed E-state index contributed by atoms with van der Waals surface area (Å²) in [4.78, 5) is 8.17. The average Bonchev–Trinajstić information content (AvgIpc) is 2.48. The van der Waals surface area contributed by atoms with Crippen molar-refractivity contribution in [2.75, 3.05) is 13.4 Å². The second-order valence-corrected chi connectivity index (χ2v) is 4.52. The van der Waals surface area contributed by atoms with E-state index in [4.69, 9.17) is 15.2 Å². The number of methoxy groups -OCH3 is 1. The molecule has 0 saturated heterocycles. The number of hydrogen-bond donors (Lipinski definition) is 1. The molecule has 1 aromatic carbocycles. The smallest absolute Gasteiger partial charge is 0.223 e. The lowest BCUT2D eigenvalue weighted by Crippen LogP contribution is -1.98. The highest BCUT2D eigenvalue weighted by atomic mass is 32.2. The van der Waals surface area contributed by atoms with Crippen LogP contribution in [-0.2, 0) is 6.54 Å². The van der Waals surface area contributed by atoms with Crippen molar-refractivity contribution in [2.24, 2.45) is 5.73 Å². The molecular weight excluding hydrogens is 262 g/mol. The van der Waals surface area contributed by atoms with Crippen LogP contribution >= 0.6 is 11.8 Å². The monoisotopic (exact) mass is 277 g/mol. The number of rotatable bonds is 5. The van der Waals surface area contributed by atoms with Crippen molar-refractivity contribution < 1.29 is 9.47 Å². The molecular formula is C13H15N3O2S. The van der Waals surface area contributed by atoms with Gasteiger partial charge in [-0.05, 0) is 24.0 Å². The van der Waals surface area contributed by atoms with Crippen molar-refractivity contribution in [1.29, 1.82) is 0 Å². The molecule has 2 aromatic rings. The third kappa shape index (κ3) is 3.36. The summed E-state index contributed by atoms with van der Waals surface area (Å²) < 4.78 is 11.0. The minimum absolute atomic E-state index is 0.459. The fraction of sp³-hybridized carbons (Fsp3) is 0.231. The van der Waals surface area contributed by atoms with Crippen LogP contribution in [0, 0.1) is 0 Å². The molecule has 0 amide bonds. The predicted molar refractivity (Wildman–Crippen MR) is 74.8 cm³/mol. The summed E-state index contributed by atoms with van der Waals surface area (Å²) in [5.41, 5.74) is 6.58. The van der Waals surface area contributed by atoms with E-state index in [0.29, 0.717) is 23.9 Å². The van der Waals surface area contributed by atoms with E-state index in [1.165, 1.54) is 18.1 Å². The molecule has 5 nitrogen and oxygen atoms in total. The second-order valence-electron chi connectivity index (χ2n) is 3.69. The normalized spacial score (nSPS) is 10.3. The fourth-order valence-corrected chi connectivity index (χ4v) is 1.90. The van der Waals surface area contributed by atoms with Gasteiger partial charge >= 0.3 is 0 Å². The van der Waals surface area contributed by atoms with E-state index >= 15 is 0 Å². The van der Waals surface area contributed by atoms with Crippen LogP contribution in [-0.4, -0.2) is 23.3 Å². The molecule has 0 radical (unpaired) electrons. The maximum Gasteiger partial charge on any atom is 0.223 e. The summed E-state index contributed by atoms with van der Waals surface area (Å²) >= 11 is 1.53. The molecule has 19 heavy (non-hydrogen) atoms. The predicted octanol–water partition coefficient (Wildman–Crippen LogP) is 2.46. The van der Waals surface area contributed by atoms with Gasteiger partial charge in [0, 0.05) is 12.6 Å². The molecule has 2 N–H and O–H groups in total. The molecule has 1 aromatic heterocycles. The van der Waals surface area contributed by atoms with Gasteiger partial charge in [-0.25, -0.2) is 9.97 Å². The first kappa shape index (κ1) is 13.6. The number of ether oxygens (including phenoxy) is 2. The summed E-state index contributed by atoms with van der Waals surface area (Å²) in [6.45, 7) is 0.459. The molecule has 2 rings (SSSR count). The van der Waals surface area contributed by atoms with Crippen LogP contribution in [0.2, 0.25) is 0 Å². The lowest BCUT2D eigenvalue weighted by molar-refractivity contribution is 0.373. The third-order valence-corrected chi connectivity index (χ3v) is 3.15. The summed E-state index contributed by atoms with van der Waals surface area (Å²) in [6.07, 6.45) is 3.42. The van der Waals surface area contributed by atoms with Gasteiger partial charge in [0.15, 0.2) is 11.5 Å². The van der Waals surface area contributed by atoms with Crippen LogP contribution in [0.3, 0.4) is 0 Å². The summed E-state index contributed by atoms with van der Waals surface area (Å²) in [5, 5.41) is 0.850. The second kappa shape index (κ2) is 6.40. The Bertz CT molecular complexity index is 563. The van der Waals surface area contributed by atoms with Crippen LogP contribution in [0.5, 0.6) is 17.4 Å². The third-order valence-electron chi connectivity index (χ3n) is 2.50. The Morgan fingerprint density at radius 2 is 2.05 bits per heavy atom. The standard InChI is InChI=1S/C13H15N3O2S/c1-17-11-5-9(7-14)3-4-10(11)18-12-6-13(19-2)16-8-15-12/h3-6,8H,7,14H2,1-2H3. The molecule has 0 aliphatic rings. The van der Waals surface area contributed by atoms with Crippen LogP contribution in [0.25, 0.3) is 0 Å². The number of thioether (sulfide) groups is 1. The van der Waals surface area contributed by atoms with Crippen molar-refractivity contribution in [2.45, 2.75) is 11.6 Å². The number of nitrogens with two attached hydrogens (primary N) is 1. The lowest BCUT2D eigenvalue weighted by atomic mass is 10.2. The molecule has 0 aliphatic heterocycles. The van der Waals surface area contributed by atoms with Gasteiger partial charge in [0.25, 0.3) is 0 Å². The van der Waals surface area contributed by atoms with Crippen LogP contribution < -0.4 is 15.2 Å². The van der Waals surface area contributed by atoms with Gasteiger partial charge in [-0.2, -0.15) is 0 Å². The summed E-state index contributed by atoms with van der Waals surface area (Å²) in [7, 11) is 1.59. The quantitative estimate of drug-likeness (QED) is 0.668. The topological polar surface area (TPSA) is 70.3 Å². The van der Waals surface area contributed by atoms with E-state index in [1.54, 1.807) is 13.2 Å². The maximum absolute atomic E-state index is 5.71. The first-order chi connectivity index (χ1) is 9.26. The van der Waals surface area contributed by atoms with Crippen LogP contribution in [0.1, 0.15) is 5.56 Å². The Balaban J connectivity index is 2.26. The molecule has 0 unspecified atom stereocenters. The van der Waals surface area contributed by atoms with Crippen LogP contribution in [0.4, 0.5) is 0 Å². The van der Waals surface area contributed by atoms with E-state index in [-0.39, 0.29) is 0 Å². The summed E-state index contributed by atoms with van der Waals surface area (Å²) in [5.74, 6) is 1.72. The molecule has 0 fully saturated rings. The van der Waals surface area contributed by atoms with Gasteiger partial charge in [0.1, 0.15) is 11.4 Å². The van der Waals surface area contributed by atoms with Gasteiger partial charge in [-0.3, -0.25) is 0 Å². The fourth-order valence-electron chi connectivity index (χ4n) is 1.53. The van der Waals surface area contributed by atoms with Gasteiger partial charge in [-0.1, -0.05) is 6.07 Å². The van der Waals surface area contributed by atoms with E-state index in [9.17, 15) is 0 Å². The van der Waals surface area contributed by atoms with E-state index in [2.05, 4.69) is 9.97 Å². The molecule has 100 valence electrons. The minimum Gasteiger partial charge on any atom is -0.493 e. The van der Waals surface area contributed by atoms with E-state index < -0.39 is 0 Å². The number of aromatic nitrogens is 2. The molecule has 0 aliphatic carbocycles. The van der Waals surface area contributed by atoms with Gasteiger partial charge < -0.3 is 15.2 Å². The molecule has 0 spiro atoms. The minimum atomic E-state index is 0.459. The van der Waals surface area contributed by atoms with Crippen LogP contribution in [0.15, 0.2) is 35.6 Å². The SMILES string of the molecule is COc1cc(CN)ccc1Oc1cc(SC)ncn1. The Kier molecular flexibility index (Phi) is 4.59. The number of hydrogen-bond acceptors (Lipinski definition) is 6. The number of nitrogens with zero attached hydrogens (tertiary/aromatic N) is 2. The highest BCUT2D eigenvalue weighted by Gasteiger charge is 2.08. The van der Waals surface area contributed by atoms with Crippen molar-refractivity contribution in [1.82, 2.24) is 9.97 Å². The molecule has 0 atom stereocenters. The van der Waals surface area contributed by atoms with E-state index in [0.717, 1.165) is 10.6 Å². The largest absolute Gasteiger partial charge is 0.493 e. The first-order valence-corrected chi connectivity index (χ1v) is 6.90. The molecule has 0 bridgehead atoms. The first-order valence-electron chi connectivity index (χ1n) is 5.67. The number of benzene rings is 1. The average molecular weight is 277 g/mol. The Hall–Kier alpha value is -1.79. The summed E-state index contributed by atoms with van der Waals surface area (Å²) in [6, 6.07) is 7.35.